The van der Waals surface area contributed by atoms with Crippen molar-refractivity contribution in [1.29, 1.82) is 0 Å². The maximum Gasteiger partial charge on any atom is 0.490 e. The number of likely N-dealkylation sites (tertiary alicyclic amines) is 1. The van der Waals surface area contributed by atoms with Crippen LogP contribution in [0, 0.1) is 5.92 Å². The van der Waals surface area contributed by atoms with Gasteiger partial charge in [0.05, 0.1) is 17.6 Å². The molecule has 1 saturated carbocycles. The summed E-state index contributed by atoms with van der Waals surface area (Å²) >= 11 is 0. The molecule has 0 unspecified atom stereocenters. The summed E-state index contributed by atoms with van der Waals surface area (Å²) in [5.74, 6) is -1.07. The number of aromatic nitrogens is 4. The van der Waals surface area contributed by atoms with E-state index >= 15 is 0 Å². The zero-order valence-corrected chi connectivity index (χ0v) is 19.4. The normalized spacial score (nSPS) is 23.7. The monoisotopic (exact) mass is 495 g/mol. The van der Waals surface area contributed by atoms with Gasteiger partial charge in [-0.05, 0) is 44.1 Å². The lowest BCUT2D eigenvalue weighted by molar-refractivity contribution is -0.192. The first-order valence-electron chi connectivity index (χ1n) is 11.8. The van der Waals surface area contributed by atoms with Gasteiger partial charge in [0.25, 0.3) is 0 Å². The Morgan fingerprint density at radius 3 is 2.54 bits per heavy atom. The van der Waals surface area contributed by atoms with Gasteiger partial charge in [0, 0.05) is 25.4 Å². The number of allylic oxidation sites excluding steroid dienone is 1. The van der Waals surface area contributed by atoms with E-state index in [1.165, 1.54) is 6.42 Å². The molecular weight excluding hydrogens is 467 g/mol. The largest absolute Gasteiger partial charge is 0.490 e. The Hall–Kier alpha value is -3.18. The predicted octanol–water partition coefficient (Wildman–Crippen LogP) is 4.22. The molecule has 35 heavy (non-hydrogen) atoms. The number of piperidine rings is 1. The number of hydrogen-bond acceptors (Lipinski definition) is 6. The zero-order valence-electron chi connectivity index (χ0n) is 19.4. The van der Waals surface area contributed by atoms with E-state index in [1.807, 2.05) is 11.1 Å². The quantitative estimate of drug-likeness (QED) is 0.679. The molecule has 3 aliphatic rings. The fourth-order valence-electron chi connectivity index (χ4n) is 5.05. The van der Waals surface area contributed by atoms with Crippen LogP contribution in [0.3, 0.4) is 0 Å². The summed E-state index contributed by atoms with van der Waals surface area (Å²) in [5.41, 5.74) is 2.97. The molecule has 1 N–H and O–H groups in total. The van der Waals surface area contributed by atoms with E-state index in [1.54, 1.807) is 0 Å². The number of alkyl halides is 3. The first kappa shape index (κ1) is 24.9. The number of carboxylic acid groups (broad SMARTS) is 1. The molecule has 0 bridgehead atoms. The first-order chi connectivity index (χ1) is 16.7. The second kappa shape index (κ2) is 10.2. The molecule has 5 rings (SSSR count). The minimum absolute atomic E-state index is 0.0397. The van der Waals surface area contributed by atoms with Crippen LogP contribution in [0.4, 0.5) is 18.0 Å². The summed E-state index contributed by atoms with van der Waals surface area (Å²) in [7, 11) is 0. The van der Waals surface area contributed by atoms with E-state index in [4.69, 9.17) is 14.6 Å². The maximum atomic E-state index is 12.6. The second-order valence-corrected chi connectivity index (χ2v) is 9.05. The van der Waals surface area contributed by atoms with Crippen LogP contribution in [-0.2, 0) is 16.0 Å². The average Bonchev–Trinajstić information content (AvgIpc) is 3.56. The summed E-state index contributed by atoms with van der Waals surface area (Å²) in [6.45, 7) is 3.86. The van der Waals surface area contributed by atoms with Crippen molar-refractivity contribution >= 4 is 23.8 Å². The molecule has 12 heteroatoms. The zero-order chi connectivity index (χ0) is 25.2. The molecule has 2 fully saturated rings. The number of nitrogens with zero attached hydrogens (tertiary/aromatic N) is 5. The smallest absolute Gasteiger partial charge is 0.475 e. The van der Waals surface area contributed by atoms with Crippen LogP contribution in [0.5, 0.6) is 0 Å². The molecule has 0 aromatic carbocycles. The third-order valence-electron chi connectivity index (χ3n) is 6.80. The van der Waals surface area contributed by atoms with E-state index in [0.717, 1.165) is 74.5 Å². The fraction of sp³-hybridized carbons (Fsp3) is 0.609. The average molecular weight is 496 g/mol. The Morgan fingerprint density at radius 2 is 1.89 bits per heavy atom. The molecule has 1 saturated heterocycles. The highest BCUT2D eigenvalue weighted by Gasteiger charge is 2.40. The van der Waals surface area contributed by atoms with Gasteiger partial charge in [-0.1, -0.05) is 19.4 Å². The van der Waals surface area contributed by atoms with Crippen molar-refractivity contribution in [2.45, 2.75) is 70.1 Å². The highest BCUT2D eigenvalue weighted by Crippen LogP contribution is 2.43. The number of amides is 1. The lowest BCUT2D eigenvalue weighted by atomic mass is 9.93. The molecule has 2 aliphatic carbocycles. The lowest BCUT2D eigenvalue weighted by Gasteiger charge is -2.27. The summed E-state index contributed by atoms with van der Waals surface area (Å²) < 4.78 is 39.8. The molecule has 0 spiro atoms. The minimum Gasteiger partial charge on any atom is -0.475 e. The van der Waals surface area contributed by atoms with Crippen molar-refractivity contribution in [3.8, 4) is 0 Å². The Kier molecular flexibility index (Phi) is 7.27. The molecule has 9 nitrogen and oxygen atoms in total. The van der Waals surface area contributed by atoms with Gasteiger partial charge < -0.3 is 14.7 Å². The van der Waals surface area contributed by atoms with Crippen molar-refractivity contribution in [2.24, 2.45) is 5.92 Å². The number of rotatable bonds is 3. The van der Waals surface area contributed by atoms with E-state index < -0.39 is 12.1 Å². The molecule has 3 heterocycles. The van der Waals surface area contributed by atoms with Crippen LogP contribution in [-0.4, -0.2) is 67.0 Å². The standard InChI is InChI=1S/C21H27N5O2.C2HF3O2/c1-2-14-11-15(28-21(27)25-9-4-3-5-10-25)12-16(14)20-24-23-19-13-22-17-7-6-8-18(17)26(19)20;3-2(4,5)1(6)7/h6,8,13-16H,2-5,7,9-12H2,1H3;(H,6,7)/t14-,15+,16+;/m1./s1. The minimum atomic E-state index is -5.08. The van der Waals surface area contributed by atoms with Crippen LogP contribution in [0.25, 0.3) is 11.7 Å². The second-order valence-electron chi connectivity index (χ2n) is 9.05. The van der Waals surface area contributed by atoms with Gasteiger partial charge in [0.1, 0.15) is 11.9 Å². The number of carbonyl (C=O) groups is 2. The third kappa shape index (κ3) is 5.40. The fourth-order valence-corrected chi connectivity index (χ4v) is 5.05. The first-order valence-corrected chi connectivity index (χ1v) is 11.8. The number of fused-ring (bicyclic) bond motifs is 3. The number of aliphatic carboxylic acids is 1. The van der Waals surface area contributed by atoms with Crippen molar-refractivity contribution in [3.05, 3.63) is 29.5 Å². The van der Waals surface area contributed by atoms with Crippen LogP contribution in [0.1, 0.15) is 68.6 Å². The summed E-state index contributed by atoms with van der Waals surface area (Å²) in [6.07, 6.45) is 7.80. The van der Waals surface area contributed by atoms with E-state index in [0.29, 0.717) is 5.92 Å². The number of ether oxygens (including phenoxy) is 1. The van der Waals surface area contributed by atoms with E-state index in [9.17, 15) is 18.0 Å². The van der Waals surface area contributed by atoms with Gasteiger partial charge >= 0.3 is 18.2 Å². The highest BCUT2D eigenvalue weighted by molar-refractivity contribution is 5.73. The van der Waals surface area contributed by atoms with Gasteiger partial charge in [-0.3, -0.25) is 9.38 Å². The summed E-state index contributed by atoms with van der Waals surface area (Å²) in [4.78, 5) is 27.8. The molecule has 2 aromatic heterocycles. The predicted molar refractivity (Wildman–Crippen MR) is 119 cm³/mol. The number of halogens is 3. The summed E-state index contributed by atoms with van der Waals surface area (Å²) in [5, 5.41) is 16.0. The molecule has 190 valence electrons. The Morgan fingerprint density at radius 1 is 1.17 bits per heavy atom. The number of hydrogen-bond donors (Lipinski definition) is 1. The van der Waals surface area contributed by atoms with Crippen LogP contribution >= 0.6 is 0 Å². The Bertz CT molecular complexity index is 1110. The molecular formula is C23H28F3N5O4. The van der Waals surface area contributed by atoms with Crippen LogP contribution < -0.4 is 0 Å². The van der Waals surface area contributed by atoms with Crippen molar-refractivity contribution in [1.82, 2.24) is 24.5 Å². The molecule has 1 amide bonds. The topological polar surface area (TPSA) is 110 Å². The van der Waals surface area contributed by atoms with Gasteiger partial charge in [0.15, 0.2) is 5.65 Å². The number of carboxylic acids is 1. The number of carbonyl (C=O) groups excluding carboxylic acids is 1. The van der Waals surface area contributed by atoms with Crippen LogP contribution in [0.2, 0.25) is 0 Å². The summed E-state index contributed by atoms with van der Waals surface area (Å²) in [6, 6.07) is 0. The van der Waals surface area contributed by atoms with Crippen molar-refractivity contribution in [3.63, 3.8) is 0 Å². The Labute approximate surface area is 200 Å². The molecule has 3 atom stereocenters. The molecule has 1 aliphatic heterocycles. The van der Waals surface area contributed by atoms with E-state index in [2.05, 4.69) is 38.7 Å². The van der Waals surface area contributed by atoms with Crippen LogP contribution in [0.15, 0.2) is 12.3 Å². The van der Waals surface area contributed by atoms with Gasteiger partial charge in [-0.15, -0.1) is 10.2 Å². The lowest BCUT2D eigenvalue weighted by Crippen LogP contribution is -2.37. The highest BCUT2D eigenvalue weighted by atomic mass is 19.4. The molecule has 0 radical (unpaired) electrons. The Balaban J connectivity index is 0.000000364. The van der Waals surface area contributed by atoms with Gasteiger partial charge in [-0.25, -0.2) is 9.59 Å². The van der Waals surface area contributed by atoms with Gasteiger partial charge in [-0.2, -0.15) is 13.2 Å². The molecule has 2 aromatic rings. The maximum absolute atomic E-state index is 12.6. The third-order valence-corrected chi connectivity index (χ3v) is 6.80. The van der Waals surface area contributed by atoms with Crippen molar-refractivity contribution < 1.29 is 32.6 Å². The van der Waals surface area contributed by atoms with Gasteiger partial charge in [0.2, 0.25) is 0 Å². The van der Waals surface area contributed by atoms with Crippen molar-refractivity contribution in [2.75, 3.05) is 13.1 Å². The van der Waals surface area contributed by atoms with E-state index in [-0.39, 0.29) is 18.1 Å². The SMILES string of the molecule is CC[C@@H]1C[C@H](OC(=O)N2CCCCC2)C[C@@H]1c1nnc2cnc3c(n12)C=CC3.O=C(O)C(F)(F)F.